The Hall–Kier alpha value is -0.960. The van der Waals surface area contributed by atoms with Gasteiger partial charge < -0.3 is 9.99 Å². The number of nitrogens with one attached hydrogen (secondary N) is 2. The van der Waals surface area contributed by atoms with Gasteiger partial charge in [-0.1, -0.05) is 0 Å². The van der Waals surface area contributed by atoms with Gasteiger partial charge in [-0.3, -0.25) is 0 Å². The van der Waals surface area contributed by atoms with Crippen LogP contribution in [0.2, 0.25) is 0 Å². The summed E-state index contributed by atoms with van der Waals surface area (Å²) in [4.78, 5) is 3.27. The molecule has 0 unspecified atom stereocenters. The van der Waals surface area contributed by atoms with Gasteiger partial charge >= 0.3 is 0 Å². The van der Waals surface area contributed by atoms with Gasteiger partial charge in [-0.05, 0) is 12.5 Å². The lowest BCUT2D eigenvalue weighted by atomic mass is 10.2. The van der Waals surface area contributed by atoms with Crippen molar-refractivity contribution in [1.82, 2.24) is 10.4 Å². The third-order valence-corrected chi connectivity index (χ3v) is 2.18. The maximum absolute atomic E-state index is 3.28. The molecule has 0 atom stereocenters. The zero-order valence-electron chi connectivity index (χ0n) is 6.94. The third-order valence-electron chi connectivity index (χ3n) is 2.18. The standard InChI is InChI=1S/C8H13N3.H2/c1-6-5-9-7-3-4-10-11(2)8(6)7;/h5,9-10H,3-4H2,1-2H3;1H. The summed E-state index contributed by atoms with van der Waals surface area (Å²) < 4.78 is 0. The summed E-state index contributed by atoms with van der Waals surface area (Å²) in [5.41, 5.74) is 7.26. The van der Waals surface area contributed by atoms with Crippen molar-refractivity contribution in [1.29, 1.82) is 0 Å². The zero-order valence-corrected chi connectivity index (χ0v) is 6.94. The van der Waals surface area contributed by atoms with Crippen LogP contribution in [-0.2, 0) is 6.42 Å². The second kappa shape index (κ2) is 2.27. The fourth-order valence-corrected chi connectivity index (χ4v) is 1.66. The van der Waals surface area contributed by atoms with E-state index in [0.717, 1.165) is 13.0 Å². The first-order valence-electron chi connectivity index (χ1n) is 3.93. The van der Waals surface area contributed by atoms with Crippen LogP contribution in [0.4, 0.5) is 5.69 Å². The van der Waals surface area contributed by atoms with Crippen molar-refractivity contribution in [3.63, 3.8) is 0 Å². The highest BCUT2D eigenvalue weighted by Gasteiger charge is 2.15. The highest BCUT2D eigenvalue weighted by atomic mass is 15.5. The largest absolute Gasteiger partial charge is 0.363 e. The molecule has 11 heavy (non-hydrogen) atoms. The second-order valence-electron chi connectivity index (χ2n) is 3.02. The Kier molecular flexibility index (Phi) is 1.39. The second-order valence-corrected chi connectivity index (χ2v) is 3.02. The van der Waals surface area contributed by atoms with Crippen LogP contribution >= 0.6 is 0 Å². The van der Waals surface area contributed by atoms with Crippen molar-refractivity contribution in [2.75, 3.05) is 18.6 Å². The number of fused-ring (bicyclic) bond motifs is 1. The van der Waals surface area contributed by atoms with Gasteiger partial charge in [-0.15, -0.1) is 0 Å². The van der Waals surface area contributed by atoms with E-state index < -0.39 is 0 Å². The third kappa shape index (κ3) is 0.922. The monoisotopic (exact) mass is 153 g/mol. The molecule has 2 heterocycles. The van der Waals surface area contributed by atoms with Crippen molar-refractivity contribution < 1.29 is 1.43 Å². The summed E-state index contributed by atoms with van der Waals surface area (Å²) in [7, 11) is 2.05. The van der Waals surface area contributed by atoms with Gasteiger partial charge in [0.25, 0.3) is 0 Å². The Bertz CT molecular complexity index is 269. The van der Waals surface area contributed by atoms with Crippen molar-refractivity contribution in [3.05, 3.63) is 17.5 Å². The van der Waals surface area contributed by atoms with Gasteiger partial charge in [0.15, 0.2) is 0 Å². The number of hydrazine groups is 1. The summed E-state index contributed by atoms with van der Waals surface area (Å²) in [6, 6.07) is 0. The first kappa shape index (κ1) is 6.73. The molecule has 0 amide bonds. The van der Waals surface area contributed by atoms with Crippen LogP contribution in [0.25, 0.3) is 0 Å². The van der Waals surface area contributed by atoms with Crippen molar-refractivity contribution in [2.45, 2.75) is 13.3 Å². The molecule has 0 aromatic carbocycles. The molecule has 1 aromatic heterocycles. The molecule has 3 nitrogen and oxygen atoms in total. The number of nitrogens with zero attached hydrogens (tertiary/aromatic N) is 1. The smallest absolute Gasteiger partial charge is 0.0752 e. The molecule has 1 aromatic rings. The molecule has 1 aliphatic heterocycles. The molecule has 3 heteroatoms. The topological polar surface area (TPSA) is 31.1 Å². The number of rotatable bonds is 0. The van der Waals surface area contributed by atoms with Crippen LogP contribution in [-0.4, -0.2) is 18.6 Å². The van der Waals surface area contributed by atoms with Gasteiger partial charge in [-0.2, -0.15) is 0 Å². The maximum Gasteiger partial charge on any atom is 0.0752 e. The molecule has 0 radical (unpaired) electrons. The Morgan fingerprint density at radius 3 is 3.18 bits per heavy atom. The quantitative estimate of drug-likeness (QED) is 0.584. The average Bonchev–Trinajstić information content (AvgIpc) is 2.34. The minimum atomic E-state index is 0. The average molecular weight is 153 g/mol. The van der Waals surface area contributed by atoms with E-state index in [4.69, 9.17) is 0 Å². The van der Waals surface area contributed by atoms with Crippen LogP contribution in [0, 0.1) is 6.92 Å². The SMILES string of the molecule is Cc1c[nH]c2c1N(C)NCC2.[HH]. The number of hydrogen-bond acceptors (Lipinski definition) is 2. The molecule has 62 valence electrons. The molecule has 2 rings (SSSR count). The summed E-state index contributed by atoms with van der Waals surface area (Å²) in [5.74, 6) is 0. The highest BCUT2D eigenvalue weighted by molar-refractivity contribution is 5.57. The van der Waals surface area contributed by atoms with Gasteiger partial charge in [-0.25, -0.2) is 5.43 Å². The van der Waals surface area contributed by atoms with Crippen molar-refractivity contribution in [3.8, 4) is 0 Å². The highest BCUT2D eigenvalue weighted by Crippen LogP contribution is 2.24. The molecule has 0 saturated carbocycles. The molecule has 0 saturated heterocycles. The lowest BCUT2D eigenvalue weighted by molar-refractivity contribution is 0.634. The number of aromatic amines is 1. The van der Waals surface area contributed by atoms with E-state index in [1.165, 1.54) is 16.9 Å². The Balaban J connectivity index is 0.000000720. The molecule has 0 aliphatic carbocycles. The van der Waals surface area contributed by atoms with Crippen LogP contribution in [0.15, 0.2) is 6.20 Å². The molecular formula is C8H15N3. The van der Waals surface area contributed by atoms with Crippen LogP contribution < -0.4 is 10.4 Å². The van der Waals surface area contributed by atoms with E-state index in [-0.39, 0.29) is 1.43 Å². The van der Waals surface area contributed by atoms with E-state index in [0.29, 0.717) is 0 Å². The maximum atomic E-state index is 3.28. The zero-order chi connectivity index (χ0) is 7.84. The van der Waals surface area contributed by atoms with Gasteiger partial charge in [0.1, 0.15) is 0 Å². The molecule has 2 N–H and O–H groups in total. The van der Waals surface area contributed by atoms with Crippen LogP contribution in [0.5, 0.6) is 0 Å². The number of anilines is 1. The minimum absolute atomic E-state index is 0. The number of aromatic nitrogens is 1. The Morgan fingerprint density at radius 1 is 1.64 bits per heavy atom. The lowest BCUT2D eigenvalue weighted by Crippen LogP contribution is -2.40. The summed E-state index contributed by atoms with van der Waals surface area (Å²) in [5, 5.41) is 2.09. The van der Waals surface area contributed by atoms with Crippen molar-refractivity contribution in [2.24, 2.45) is 0 Å². The summed E-state index contributed by atoms with van der Waals surface area (Å²) in [6.07, 6.45) is 3.17. The number of H-pyrrole nitrogens is 1. The summed E-state index contributed by atoms with van der Waals surface area (Å²) >= 11 is 0. The first-order chi connectivity index (χ1) is 5.29. The molecule has 1 aliphatic rings. The Morgan fingerprint density at radius 2 is 2.45 bits per heavy atom. The minimum Gasteiger partial charge on any atom is -0.363 e. The van der Waals surface area contributed by atoms with E-state index in [1.807, 2.05) is 0 Å². The molecule has 0 spiro atoms. The normalized spacial score (nSPS) is 16.7. The summed E-state index contributed by atoms with van der Waals surface area (Å²) in [6.45, 7) is 3.16. The van der Waals surface area contributed by atoms with E-state index in [2.05, 4.69) is 35.6 Å². The lowest BCUT2D eigenvalue weighted by Gasteiger charge is -2.26. The van der Waals surface area contributed by atoms with Crippen LogP contribution in [0.1, 0.15) is 12.7 Å². The Labute approximate surface area is 67.9 Å². The number of aryl methyl sites for hydroxylation is 1. The van der Waals surface area contributed by atoms with Gasteiger partial charge in [0, 0.05) is 33.3 Å². The predicted octanol–water partition coefficient (Wildman–Crippen LogP) is 1.07. The van der Waals surface area contributed by atoms with Crippen LogP contribution in [0.3, 0.4) is 0 Å². The van der Waals surface area contributed by atoms with E-state index >= 15 is 0 Å². The fraction of sp³-hybridized carbons (Fsp3) is 0.500. The van der Waals surface area contributed by atoms with E-state index in [9.17, 15) is 0 Å². The van der Waals surface area contributed by atoms with Gasteiger partial charge in [0.05, 0.1) is 5.69 Å². The molecule has 0 fully saturated rings. The number of hydrogen-bond donors (Lipinski definition) is 2. The van der Waals surface area contributed by atoms with E-state index in [1.54, 1.807) is 0 Å². The predicted molar refractivity (Wildman–Crippen MR) is 47.8 cm³/mol. The fourth-order valence-electron chi connectivity index (χ4n) is 1.66. The first-order valence-corrected chi connectivity index (χ1v) is 3.93. The van der Waals surface area contributed by atoms with Gasteiger partial charge in [0.2, 0.25) is 0 Å². The molecular weight excluding hydrogens is 138 g/mol. The molecule has 0 bridgehead atoms. The van der Waals surface area contributed by atoms with Crippen molar-refractivity contribution >= 4 is 5.69 Å².